The first-order valence-electron chi connectivity index (χ1n) is 12.0. The van der Waals surface area contributed by atoms with Gasteiger partial charge in [-0.05, 0) is 23.8 Å². The summed E-state index contributed by atoms with van der Waals surface area (Å²) in [5.41, 5.74) is 2.18. The van der Waals surface area contributed by atoms with Crippen molar-refractivity contribution >= 4 is 34.5 Å². The summed E-state index contributed by atoms with van der Waals surface area (Å²) in [6.07, 6.45) is 0. The molecule has 10 heteroatoms. The van der Waals surface area contributed by atoms with Gasteiger partial charge in [-0.2, -0.15) is 15.0 Å². The Morgan fingerprint density at radius 3 is 2.03 bits per heavy atom. The van der Waals surface area contributed by atoms with Crippen LogP contribution in [-0.4, -0.2) is 67.6 Å². The minimum atomic E-state index is -0.379. The summed E-state index contributed by atoms with van der Waals surface area (Å²) < 4.78 is 16.6. The minimum Gasteiger partial charge on any atom is -0.422 e. The molecule has 0 radical (unpaired) electrons. The Hall–Kier alpha value is -4.02. The lowest BCUT2D eigenvalue weighted by molar-refractivity contribution is 0.121. The van der Waals surface area contributed by atoms with Gasteiger partial charge in [0.1, 0.15) is 5.58 Å². The van der Waals surface area contributed by atoms with Gasteiger partial charge in [-0.25, -0.2) is 4.79 Å². The Labute approximate surface area is 207 Å². The Balaban J connectivity index is 1.32. The number of anilines is 4. The average molecular weight is 487 g/mol. The number of ether oxygens (including phenoxy) is 2. The third kappa shape index (κ3) is 4.73. The van der Waals surface area contributed by atoms with Crippen molar-refractivity contribution in [1.29, 1.82) is 0 Å². The number of morpholine rings is 2. The molecule has 0 amide bonds. The molecule has 2 aliphatic rings. The number of fused-ring (bicyclic) bond motifs is 1. The van der Waals surface area contributed by atoms with E-state index in [1.807, 2.05) is 48.5 Å². The third-order valence-corrected chi connectivity index (χ3v) is 6.28. The number of nitrogens with zero attached hydrogens (tertiary/aromatic N) is 5. The molecule has 36 heavy (non-hydrogen) atoms. The second kappa shape index (κ2) is 9.92. The molecule has 2 aromatic carbocycles. The Kier molecular flexibility index (Phi) is 6.18. The molecule has 0 atom stereocenters. The van der Waals surface area contributed by atoms with Crippen LogP contribution in [0.2, 0.25) is 0 Å². The van der Waals surface area contributed by atoms with Crippen LogP contribution < -0.4 is 20.7 Å². The van der Waals surface area contributed by atoms with Gasteiger partial charge in [0, 0.05) is 43.3 Å². The van der Waals surface area contributed by atoms with Crippen LogP contribution in [0.1, 0.15) is 0 Å². The predicted molar refractivity (Wildman–Crippen MR) is 137 cm³/mol. The smallest absolute Gasteiger partial charge is 0.344 e. The number of rotatable bonds is 5. The van der Waals surface area contributed by atoms with Crippen LogP contribution in [0.25, 0.3) is 22.1 Å². The molecule has 0 unspecified atom stereocenters. The van der Waals surface area contributed by atoms with Crippen molar-refractivity contribution in [2.24, 2.45) is 0 Å². The predicted octanol–water partition coefficient (Wildman–Crippen LogP) is 3.06. The van der Waals surface area contributed by atoms with Gasteiger partial charge in [-0.3, -0.25) is 0 Å². The standard InChI is InChI=1S/C26H26N6O4/c33-23-21(18-4-2-1-3-5-18)16-19-6-7-20(17-22(19)36-23)27-24-28-25(31-8-12-34-13-9-31)30-26(29-24)32-10-14-35-15-11-32/h1-7,16-17H,8-15H2,(H,27,28,29,30). The van der Waals surface area contributed by atoms with E-state index in [4.69, 9.17) is 18.9 Å². The molecule has 4 aromatic rings. The Bertz CT molecular complexity index is 1380. The number of benzene rings is 2. The summed E-state index contributed by atoms with van der Waals surface area (Å²) in [5, 5.41) is 4.11. The average Bonchev–Trinajstić information content (AvgIpc) is 2.94. The molecular weight excluding hydrogens is 460 g/mol. The summed E-state index contributed by atoms with van der Waals surface area (Å²) >= 11 is 0. The van der Waals surface area contributed by atoms with Gasteiger partial charge >= 0.3 is 5.63 Å². The molecule has 0 bridgehead atoms. The van der Waals surface area contributed by atoms with Crippen molar-refractivity contribution in [2.45, 2.75) is 0 Å². The van der Waals surface area contributed by atoms with E-state index in [0.717, 1.165) is 37.1 Å². The molecule has 2 aliphatic heterocycles. The first-order chi connectivity index (χ1) is 17.7. The molecule has 0 aliphatic carbocycles. The molecule has 0 saturated carbocycles. The van der Waals surface area contributed by atoms with Crippen molar-refractivity contribution in [3.8, 4) is 11.1 Å². The molecule has 6 rings (SSSR count). The van der Waals surface area contributed by atoms with Crippen LogP contribution in [0.15, 0.2) is 63.8 Å². The highest BCUT2D eigenvalue weighted by molar-refractivity contribution is 5.84. The van der Waals surface area contributed by atoms with E-state index in [-0.39, 0.29) is 5.63 Å². The summed E-state index contributed by atoms with van der Waals surface area (Å²) in [5.74, 6) is 1.64. The van der Waals surface area contributed by atoms with E-state index in [1.165, 1.54) is 0 Å². The normalized spacial score (nSPS) is 16.3. The van der Waals surface area contributed by atoms with Crippen LogP contribution in [0.5, 0.6) is 0 Å². The molecule has 2 saturated heterocycles. The van der Waals surface area contributed by atoms with Crippen LogP contribution in [0.4, 0.5) is 23.5 Å². The second-order valence-electron chi connectivity index (χ2n) is 8.65. The monoisotopic (exact) mass is 486 g/mol. The zero-order valence-electron chi connectivity index (χ0n) is 19.7. The SMILES string of the molecule is O=c1oc2cc(Nc3nc(N4CCOCC4)nc(N4CCOCC4)n3)ccc2cc1-c1ccccc1. The largest absolute Gasteiger partial charge is 0.422 e. The third-order valence-electron chi connectivity index (χ3n) is 6.28. The molecule has 10 nitrogen and oxygen atoms in total. The zero-order valence-corrected chi connectivity index (χ0v) is 19.7. The lowest BCUT2D eigenvalue weighted by Crippen LogP contribution is -2.40. The maximum Gasteiger partial charge on any atom is 0.344 e. The van der Waals surface area contributed by atoms with E-state index < -0.39 is 0 Å². The highest BCUT2D eigenvalue weighted by Gasteiger charge is 2.21. The fraction of sp³-hybridized carbons (Fsp3) is 0.308. The number of hydrogen-bond acceptors (Lipinski definition) is 10. The van der Waals surface area contributed by atoms with Crippen molar-refractivity contribution < 1.29 is 13.9 Å². The zero-order chi connectivity index (χ0) is 24.3. The fourth-order valence-electron chi connectivity index (χ4n) is 4.36. The molecule has 2 aromatic heterocycles. The molecule has 4 heterocycles. The lowest BCUT2D eigenvalue weighted by Gasteiger charge is -2.30. The van der Waals surface area contributed by atoms with Gasteiger partial charge in [0.2, 0.25) is 17.8 Å². The molecular formula is C26H26N6O4. The first-order valence-corrected chi connectivity index (χ1v) is 12.0. The van der Waals surface area contributed by atoms with E-state index >= 15 is 0 Å². The minimum absolute atomic E-state index is 0.379. The quantitative estimate of drug-likeness (QED) is 0.423. The molecule has 184 valence electrons. The van der Waals surface area contributed by atoms with Gasteiger partial charge in [0.15, 0.2) is 0 Å². The van der Waals surface area contributed by atoms with Crippen LogP contribution in [0, 0.1) is 0 Å². The lowest BCUT2D eigenvalue weighted by atomic mass is 10.1. The molecule has 0 spiro atoms. The Morgan fingerprint density at radius 2 is 1.39 bits per heavy atom. The maximum absolute atomic E-state index is 12.7. The van der Waals surface area contributed by atoms with E-state index in [9.17, 15) is 4.79 Å². The van der Waals surface area contributed by atoms with Crippen LogP contribution in [0.3, 0.4) is 0 Å². The highest BCUT2D eigenvalue weighted by Crippen LogP contribution is 2.26. The summed E-state index contributed by atoms with van der Waals surface area (Å²) in [4.78, 5) is 31.0. The maximum atomic E-state index is 12.7. The topological polar surface area (TPSA) is 106 Å². The van der Waals surface area contributed by atoms with Crippen LogP contribution in [-0.2, 0) is 9.47 Å². The Morgan fingerprint density at radius 1 is 0.750 bits per heavy atom. The van der Waals surface area contributed by atoms with Crippen molar-refractivity contribution in [1.82, 2.24) is 15.0 Å². The number of nitrogens with one attached hydrogen (secondary N) is 1. The summed E-state index contributed by atoms with van der Waals surface area (Å²) in [6.45, 7) is 5.42. The summed E-state index contributed by atoms with van der Waals surface area (Å²) in [7, 11) is 0. The van der Waals surface area contributed by atoms with Crippen molar-refractivity contribution in [3.05, 3.63) is 65.0 Å². The number of hydrogen-bond donors (Lipinski definition) is 1. The highest BCUT2D eigenvalue weighted by atomic mass is 16.5. The summed E-state index contributed by atoms with van der Waals surface area (Å²) in [6, 6.07) is 17.0. The molecule has 2 fully saturated rings. The van der Waals surface area contributed by atoms with E-state index in [0.29, 0.717) is 61.1 Å². The van der Waals surface area contributed by atoms with Gasteiger partial charge in [0.25, 0.3) is 0 Å². The van der Waals surface area contributed by atoms with Crippen molar-refractivity contribution in [3.63, 3.8) is 0 Å². The first kappa shape index (κ1) is 22.4. The molecule has 1 N–H and O–H groups in total. The van der Waals surface area contributed by atoms with E-state index in [1.54, 1.807) is 6.07 Å². The van der Waals surface area contributed by atoms with Gasteiger partial charge < -0.3 is 29.0 Å². The number of aromatic nitrogens is 3. The van der Waals surface area contributed by atoms with Gasteiger partial charge in [-0.15, -0.1) is 0 Å². The fourth-order valence-corrected chi connectivity index (χ4v) is 4.36. The second-order valence-corrected chi connectivity index (χ2v) is 8.65. The van der Waals surface area contributed by atoms with Gasteiger partial charge in [-0.1, -0.05) is 30.3 Å². The van der Waals surface area contributed by atoms with Gasteiger partial charge in [0.05, 0.1) is 32.0 Å². The van der Waals surface area contributed by atoms with Crippen molar-refractivity contribution in [2.75, 3.05) is 67.7 Å². The van der Waals surface area contributed by atoms with Crippen LogP contribution >= 0.6 is 0 Å². The van der Waals surface area contributed by atoms with E-state index in [2.05, 4.69) is 25.1 Å².